The van der Waals surface area contributed by atoms with Gasteiger partial charge in [0, 0.05) is 0 Å². The first-order valence-corrected chi connectivity index (χ1v) is 3.21. The molecule has 1 N–H and O–H groups in total. The molecule has 0 amide bonds. The number of hydroxylamine groups is 1. The lowest BCUT2D eigenvalue weighted by atomic mass is 9.92. The molecule has 0 aromatic rings. The molecule has 3 fully saturated rings. The van der Waals surface area contributed by atoms with Gasteiger partial charge in [-0.15, -0.1) is 0 Å². The van der Waals surface area contributed by atoms with Gasteiger partial charge in [0.05, 0.1) is 12.1 Å². The molecule has 2 bridgehead atoms. The highest BCUT2D eigenvalue weighted by molar-refractivity contribution is 4.93. The Morgan fingerprint density at radius 1 is 1.38 bits per heavy atom. The molecule has 2 heterocycles. The van der Waals surface area contributed by atoms with E-state index in [2.05, 4.69) is 5.48 Å². The molecular weight excluding hydrogens is 102 g/mol. The molecule has 0 spiro atoms. The number of rotatable bonds is 0. The Hall–Kier alpha value is -0.0800. The fourth-order valence-electron chi connectivity index (χ4n) is 1.33. The minimum atomic E-state index is 0.521. The van der Waals surface area contributed by atoms with Gasteiger partial charge < -0.3 is 0 Å². The summed E-state index contributed by atoms with van der Waals surface area (Å²) in [5, 5.41) is 0. The lowest BCUT2D eigenvalue weighted by molar-refractivity contribution is -0.0852. The summed E-state index contributed by atoms with van der Waals surface area (Å²) in [5.74, 6) is 0. The van der Waals surface area contributed by atoms with Gasteiger partial charge in [0.2, 0.25) is 0 Å². The van der Waals surface area contributed by atoms with E-state index in [9.17, 15) is 0 Å². The highest BCUT2D eigenvalue weighted by Crippen LogP contribution is 2.30. The van der Waals surface area contributed by atoms with Crippen LogP contribution in [0.25, 0.3) is 0 Å². The standard InChI is InChI=1S/C6H10NO/c1-3-6-4-2-5(1)7-8-6/h6-7H,1-4H2. The van der Waals surface area contributed by atoms with E-state index in [1.165, 1.54) is 31.7 Å². The van der Waals surface area contributed by atoms with Gasteiger partial charge >= 0.3 is 0 Å². The quantitative estimate of drug-likeness (QED) is 0.504. The molecule has 2 nitrogen and oxygen atoms in total. The number of hydrogen-bond donors (Lipinski definition) is 1. The first-order valence-electron chi connectivity index (χ1n) is 3.21. The lowest BCUT2D eigenvalue weighted by Gasteiger charge is -2.35. The van der Waals surface area contributed by atoms with Gasteiger partial charge in [0.1, 0.15) is 0 Å². The van der Waals surface area contributed by atoms with Gasteiger partial charge in [0.15, 0.2) is 0 Å². The molecule has 1 aliphatic carbocycles. The Balaban J connectivity index is 2.03. The van der Waals surface area contributed by atoms with Crippen LogP contribution in [0.4, 0.5) is 0 Å². The maximum Gasteiger partial charge on any atom is 0.0792 e. The monoisotopic (exact) mass is 112 g/mol. The van der Waals surface area contributed by atoms with E-state index in [4.69, 9.17) is 4.84 Å². The molecule has 2 aliphatic heterocycles. The van der Waals surface area contributed by atoms with Crippen molar-refractivity contribution >= 4 is 0 Å². The average molecular weight is 112 g/mol. The minimum Gasteiger partial charge on any atom is -0.298 e. The molecule has 3 aliphatic rings. The molecule has 0 atom stereocenters. The average Bonchev–Trinajstić information content (AvgIpc) is 1.92. The second-order valence-electron chi connectivity index (χ2n) is 2.52. The van der Waals surface area contributed by atoms with E-state index < -0.39 is 0 Å². The maximum atomic E-state index is 5.19. The maximum absolute atomic E-state index is 5.19. The fourth-order valence-corrected chi connectivity index (χ4v) is 1.33. The summed E-state index contributed by atoms with van der Waals surface area (Å²) in [4.78, 5) is 5.19. The summed E-state index contributed by atoms with van der Waals surface area (Å²) in [5.41, 5.74) is 2.94. The van der Waals surface area contributed by atoms with Crippen LogP contribution < -0.4 is 5.48 Å². The molecule has 1 radical (unpaired) electrons. The smallest absolute Gasteiger partial charge is 0.0792 e. The second-order valence-corrected chi connectivity index (χ2v) is 2.52. The molecule has 0 unspecified atom stereocenters. The zero-order chi connectivity index (χ0) is 5.40. The van der Waals surface area contributed by atoms with Crippen molar-refractivity contribution in [3.05, 3.63) is 6.04 Å². The Kier molecular flexibility index (Phi) is 1.02. The van der Waals surface area contributed by atoms with Crippen molar-refractivity contribution in [2.45, 2.75) is 31.8 Å². The van der Waals surface area contributed by atoms with Gasteiger partial charge in [-0.05, 0) is 25.7 Å². The Labute approximate surface area is 49.2 Å². The van der Waals surface area contributed by atoms with E-state index in [0.717, 1.165) is 0 Å². The molecule has 8 heavy (non-hydrogen) atoms. The zero-order valence-corrected chi connectivity index (χ0v) is 4.81. The van der Waals surface area contributed by atoms with Gasteiger partial charge in [0.25, 0.3) is 0 Å². The molecule has 2 saturated heterocycles. The molecule has 0 aromatic carbocycles. The van der Waals surface area contributed by atoms with E-state index in [1.807, 2.05) is 0 Å². The molecule has 3 rings (SSSR count). The molecule has 1 saturated carbocycles. The van der Waals surface area contributed by atoms with E-state index in [1.54, 1.807) is 0 Å². The van der Waals surface area contributed by atoms with E-state index in [0.29, 0.717) is 6.10 Å². The summed E-state index contributed by atoms with van der Waals surface area (Å²) in [6.07, 6.45) is 5.48. The van der Waals surface area contributed by atoms with Crippen molar-refractivity contribution in [2.75, 3.05) is 0 Å². The van der Waals surface area contributed by atoms with E-state index in [-0.39, 0.29) is 0 Å². The first kappa shape index (κ1) is 4.77. The Morgan fingerprint density at radius 3 is 2.25 bits per heavy atom. The Bertz CT molecular complexity index is 63.5. The normalized spacial score (nSPS) is 31.5. The second kappa shape index (κ2) is 1.71. The predicted octanol–water partition coefficient (Wildman–Crippen LogP) is 0.996. The van der Waals surface area contributed by atoms with E-state index >= 15 is 0 Å². The fraction of sp³-hybridized carbons (Fsp3) is 0.833. The highest BCUT2D eigenvalue weighted by atomic mass is 16.7. The van der Waals surface area contributed by atoms with Crippen LogP contribution in [0.3, 0.4) is 0 Å². The van der Waals surface area contributed by atoms with Crippen LogP contribution in [0.1, 0.15) is 25.7 Å². The van der Waals surface area contributed by atoms with Crippen LogP contribution in [0, 0.1) is 6.04 Å². The minimum absolute atomic E-state index is 0.521. The molecule has 45 valence electrons. The van der Waals surface area contributed by atoms with Crippen molar-refractivity contribution in [1.29, 1.82) is 0 Å². The largest absolute Gasteiger partial charge is 0.298 e. The number of fused-ring (bicyclic) bond motifs is 3. The third-order valence-corrected chi connectivity index (χ3v) is 1.91. The number of hydrogen-bond acceptors (Lipinski definition) is 2. The third-order valence-electron chi connectivity index (χ3n) is 1.91. The predicted molar refractivity (Wildman–Crippen MR) is 29.7 cm³/mol. The SMILES string of the molecule is C1CC2CC[C]1NO2. The summed E-state index contributed by atoms with van der Waals surface area (Å²) < 4.78 is 0. The van der Waals surface area contributed by atoms with Crippen molar-refractivity contribution in [3.8, 4) is 0 Å². The van der Waals surface area contributed by atoms with Crippen molar-refractivity contribution in [3.63, 3.8) is 0 Å². The molecule has 2 heteroatoms. The lowest BCUT2D eigenvalue weighted by Crippen LogP contribution is -2.39. The molecule has 0 aromatic heterocycles. The highest BCUT2D eigenvalue weighted by Gasteiger charge is 2.28. The van der Waals surface area contributed by atoms with Crippen molar-refractivity contribution in [2.24, 2.45) is 0 Å². The van der Waals surface area contributed by atoms with Gasteiger partial charge in [-0.1, -0.05) is 0 Å². The molecular formula is C6H10NO. The first-order chi connectivity index (χ1) is 3.95. The third kappa shape index (κ3) is 0.644. The van der Waals surface area contributed by atoms with Crippen molar-refractivity contribution in [1.82, 2.24) is 5.48 Å². The van der Waals surface area contributed by atoms with Crippen LogP contribution in [0.15, 0.2) is 0 Å². The van der Waals surface area contributed by atoms with Crippen molar-refractivity contribution < 1.29 is 4.84 Å². The summed E-state index contributed by atoms with van der Waals surface area (Å²) in [7, 11) is 0. The zero-order valence-electron chi connectivity index (χ0n) is 4.81. The summed E-state index contributed by atoms with van der Waals surface area (Å²) >= 11 is 0. The summed E-state index contributed by atoms with van der Waals surface area (Å²) in [6.45, 7) is 0. The van der Waals surface area contributed by atoms with Gasteiger partial charge in [-0.2, -0.15) is 5.48 Å². The van der Waals surface area contributed by atoms with Gasteiger partial charge in [-0.25, -0.2) is 0 Å². The van der Waals surface area contributed by atoms with Crippen LogP contribution >= 0.6 is 0 Å². The van der Waals surface area contributed by atoms with Crippen LogP contribution in [0.2, 0.25) is 0 Å². The number of nitrogens with one attached hydrogen (secondary N) is 1. The topological polar surface area (TPSA) is 21.3 Å². The Morgan fingerprint density at radius 2 is 2.12 bits per heavy atom. The van der Waals surface area contributed by atoms with Gasteiger partial charge in [-0.3, -0.25) is 4.84 Å². The summed E-state index contributed by atoms with van der Waals surface area (Å²) in [6, 6.07) is 1.40. The van der Waals surface area contributed by atoms with Crippen LogP contribution in [-0.4, -0.2) is 6.10 Å². The van der Waals surface area contributed by atoms with Crippen LogP contribution in [0.5, 0.6) is 0 Å². The van der Waals surface area contributed by atoms with Crippen LogP contribution in [-0.2, 0) is 4.84 Å².